The number of thiophene rings is 1. The van der Waals surface area contributed by atoms with E-state index in [1.165, 1.54) is 20.1 Å². The number of ether oxygens (including phenoxy) is 1. The van der Waals surface area contributed by atoms with Gasteiger partial charge in [-0.2, -0.15) is 0 Å². The van der Waals surface area contributed by atoms with Crippen molar-refractivity contribution in [1.82, 2.24) is 5.32 Å². The molecular formula is C13H12FNO3S. The van der Waals surface area contributed by atoms with Crippen molar-refractivity contribution >= 4 is 33.3 Å². The predicted molar refractivity (Wildman–Crippen MR) is 70.6 cm³/mol. The van der Waals surface area contributed by atoms with E-state index >= 15 is 0 Å². The van der Waals surface area contributed by atoms with Crippen molar-refractivity contribution in [2.24, 2.45) is 0 Å². The van der Waals surface area contributed by atoms with Crippen LogP contribution in [0, 0.1) is 5.82 Å². The van der Waals surface area contributed by atoms with E-state index in [9.17, 15) is 14.0 Å². The van der Waals surface area contributed by atoms with Gasteiger partial charge in [0.15, 0.2) is 0 Å². The largest absolute Gasteiger partial charge is 0.465 e. The molecule has 0 spiro atoms. The van der Waals surface area contributed by atoms with E-state index in [4.69, 9.17) is 0 Å². The average molecular weight is 281 g/mol. The normalized spacial score (nSPS) is 10.5. The molecule has 0 bridgehead atoms. The Morgan fingerprint density at radius 1 is 1.42 bits per heavy atom. The van der Waals surface area contributed by atoms with Crippen molar-refractivity contribution in [2.45, 2.75) is 13.5 Å². The van der Waals surface area contributed by atoms with Gasteiger partial charge in [0.05, 0.1) is 7.11 Å². The fourth-order valence-electron chi connectivity index (χ4n) is 1.81. The first-order valence-corrected chi connectivity index (χ1v) is 6.39. The molecule has 0 aliphatic rings. The SMILES string of the molecule is COC(=O)c1sc2cccc(F)c2c1CNC(C)=O. The van der Waals surface area contributed by atoms with E-state index < -0.39 is 11.8 Å². The maximum atomic E-state index is 13.9. The van der Waals surface area contributed by atoms with Crippen molar-refractivity contribution in [3.05, 3.63) is 34.5 Å². The first kappa shape index (κ1) is 13.5. The van der Waals surface area contributed by atoms with Crippen LogP contribution in [0.3, 0.4) is 0 Å². The monoisotopic (exact) mass is 281 g/mol. The van der Waals surface area contributed by atoms with Gasteiger partial charge in [-0.3, -0.25) is 4.79 Å². The quantitative estimate of drug-likeness (QED) is 0.879. The molecule has 2 rings (SSSR count). The minimum atomic E-state index is -0.527. The molecule has 2 aromatic rings. The molecule has 0 aliphatic heterocycles. The van der Waals surface area contributed by atoms with Gasteiger partial charge in [-0.15, -0.1) is 11.3 Å². The smallest absolute Gasteiger partial charge is 0.348 e. The highest BCUT2D eigenvalue weighted by Crippen LogP contribution is 2.33. The van der Waals surface area contributed by atoms with E-state index in [1.807, 2.05) is 0 Å². The first-order chi connectivity index (χ1) is 9.04. The van der Waals surface area contributed by atoms with Crippen molar-refractivity contribution < 1.29 is 18.7 Å². The predicted octanol–water partition coefficient (Wildman–Crippen LogP) is 2.46. The summed E-state index contributed by atoms with van der Waals surface area (Å²) in [5.41, 5.74) is 0.458. The molecule has 0 saturated heterocycles. The van der Waals surface area contributed by atoms with Gasteiger partial charge in [-0.1, -0.05) is 6.07 Å². The highest BCUT2D eigenvalue weighted by molar-refractivity contribution is 7.21. The maximum Gasteiger partial charge on any atom is 0.348 e. The third-order valence-corrected chi connectivity index (χ3v) is 3.83. The summed E-state index contributed by atoms with van der Waals surface area (Å²) in [7, 11) is 1.27. The molecule has 1 aromatic heterocycles. The molecule has 100 valence electrons. The Kier molecular flexibility index (Phi) is 3.80. The van der Waals surface area contributed by atoms with Crippen LogP contribution in [0.2, 0.25) is 0 Å². The van der Waals surface area contributed by atoms with Gasteiger partial charge in [0.1, 0.15) is 10.7 Å². The standard InChI is InChI=1S/C13H12FNO3S/c1-7(16)15-6-8-11-9(14)4-3-5-10(11)19-12(8)13(17)18-2/h3-5H,6H2,1-2H3,(H,15,16). The Bertz CT molecular complexity index is 651. The molecule has 19 heavy (non-hydrogen) atoms. The number of rotatable bonds is 3. The van der Waals surface area contributed by atoms with Gasteiger partial charge in [-0.05, 0) is 12.1 Å². The Morgan fingerprint density at radius 2 is 2.16 bits per heavy atom. The van der Waals surface area contributed by atoms with Crippen LogP contribution in [0.5, 0.6) is 0 Å². The van der Waals surface area contributed by atoms with Gasteiger partial charge in [-0.25, -0.2) is 9.18 Å². The molecule has 1 aromatic carbocycles. The summed E-state index contributed by atoms with van der Waals surface area (Å²) in [6.45, 7) is 1.46. The summed E-state index contributed by atoms with van der Waals surface area (Å²) < 4.78 is 19.2. The van der Waals surface area contributed by atoms with Gasteiger partial charge < -0.3 is 10.1 Å². The van der Waals surface area contributed by atoms with Gasteiger partial charge in [0.25, 0.3) is 0 Å². The Morgan fingerprint density at radius 3 is 2.79 bits per heavy atom. The molecule has 6 heteroatoms. The lowest BCUT2D eigenvalue weighted by Gasteiger charge is -2.04. The Balaban J connectivity index is 2.59. The lowest BCUT2D eigenvalue weighted by atomic mass is 10.1. The number of halogens is 1. The van der Waals surface area contributed by atoms with Crippen molar-refractivity contribution in [3.8, 4) is 0 Å². The maximum absolute atomic E-state index is 13.9. The fourth-order valence-corrected chi connectivity index (χ4v) is 2.96. The number of carbonyl (C=O) groups excluding carboxylic acids is 2. The summed E-state index contributed by atoms with van der Waals surface area (Å²) >= 11 is 1.16. The zero-order valence-corrected chi connectivity index (χ0v) is 11.3. The fraction of sp³-hybridized carbons (Fsp3) is 0.231. The summed E-state index contributed by atoms with van der Waals surface area (Å²) in [6.07, 6.45) is 0. The summed E-state index contributed by atoms with van der Waals surface area (Å²) in [4.78, 5) is 23.0. The topological polar surface area (TPSA) is 55.4 Å². The molecule has 4 nitrogen and oxygen atoms in total. The molecule has 1 amide bonds. The number of benzene rings is 1. The number of nitrogens with one attached hydrogen (secondary N) is 1. The second-order valence-corrected chi connectivity index (χ2v) is 4.98. The summed E-state index contributed by atoms with van der Waals surface area (Å²) in [5, 5.41) is 2.94. The van der Waals surface area contributed by atoms with E-state index in [0.717, 1.165) is 11.3 Å². The van der Waals surface area contributed by atoms with Gasteiger partial charge in [0, 0.05) is 29.1 Å². The number of fused-ring (bicyclic) bond motifs is 1. The van der Waals surface area contributed by atoms with Crippen molar-refractivity contribution in [3.63, 3.8) is 0 Å². The average Bonchev–Trinajstić information content (AvgIpc) is 2.75. The third-order valence-electron chi connectivity index (χ3n) is 2.65. The molecule has 0 unspecified atom stereocenters. The molecule has 0 aliphatic carbocycles. The Hall–Kier alpha value is -1.95. The van der Waals surface area contributed by atoms with Crippen LogP contribution in [0.4, 0.5) is 4.39 Å². The van der Waals surface area contributed by atoms with Crippen LogP contribution in [-0.2, 0) is 16.1 Å². The molecular weight excluding hydrogens is 269 g/mol. The third kappa shape index (κ3) is 2.58. The zero-order valence-electron chi connectivity index (χ0n) is 10.5. The summed E-state index contributed by atoms with van der Waals surface area (Å²) in [6, 6.07) is 4.64. The first-order valence-electron chi connectivity index (χ1n) is 5.57. The van der Waals surface area contributed by atoms with Crippen LogP contribution in [0.15, 0.2) is 18.2 Å². The number of hydrogen-bond acceptors (Lipinski definition) is 4. The number of carbonyl (C=O) groups is 2. The second kappa shape index (κ2) is 5.36. The van der Waals surface area contributed by atoms with Crippen molar-refractivity contribution in [1.29, 1.82) is 0 Å². The van der Waals surface area contributed by atoms with E-state index in [-0.39, 0.29) is 12.5 Å². The van der Waals surface area contributed by atoms with Crippen molar-refractivity contribution in [2.75, 3.05) is 7.11 Å². The minimum Gasteiger partial charge on any atom is -0.465 e. The molecule has 0 saturated carbocycles. The molecule has 0 fully saturated rings. The van der Waals surface area contributed by atoms with E-state index in [2.05, 4.69) is 10.1 Å². The number of amides is 1. The van der Waals surface area contributed by atoms with E-state index in [0.29, 0.717) is 20.5 Å². The second-order valence-electron chi connectivity index (χ2n) is 3.92. The number of methoxy groups -OCH3 is 1. The highest BCUT2D eigenvalue weighted by Gasteiger charge is 2.21. The van der Waals surface area contributed by atoms with E-state index in [1.54, 1.807) is 12.1 Å². The van der Waals surface area contributed by atoms with Crippen LogP contribution in [0.25, 0.3) is 10.1 Å². The molecule has 1 N–H and O–H groups in total. The summed E-state index contributed by atoms with van der Waals surface area (Å²) in [5.74, 6) is -1.18. The lowest BCUT2D eigenvalue weighted by molar-refractivity contribution is -0.119. The van der Waals surface area contributed by atoms with Gasteiger partial charge >= 0.3 is 5.97 Å². The van der Waals surface area contributed by atoms with Gasteiger partial charge in [0.2, 0.25) is 5.91 Å². The molecule has 0 radical (unpaired) electrons. The highest BCUT2D eigenvalue weighted by atomic mass is 32.1. The molecule has 0 atom stereocenters. The molecule has 1 heterocycles. The number of esters is 1. The van der Waals surface area contributed by atoms with Crippen LogP contribution >= 0.6 is 11.3 Å². The Labute approximate surface area is 113 Å². The zero-order chi connectivity index (χ0) is 14.0. The number of hydrogen-bond donors (Lipinski definition) is 1. The minimum absolute atomic E-state index is 0.0979. The lowest BCUT2D eigenvalue weighted by Crippen LogP contribution is -2.20. The van der Waals surface area contributed by atoms with Crippen LogP contribution in [0.1, 0.15) is 22.2 Å². The van der Waals surface area contributed by atoms with Crippen LogP contribution in [-0.4, -0.2) is 19.0 Å². The van der Waals surface area contributed by atoms with Crippen LogP contribution < -0.4 is 5.32 Å².